The van der Waals surface area contributed by atoms with E-state index in [2.05, 4.69) is 12.2 Å². The molecule has 0 atom stereocenters. The Hall–Kier alpha value is -1.06. The Morgan fingerprint density at radius 2 is 2.06 bits per heavy atom. The summed E-state index contributed by atoms with van der Waals surface area (Å²) in [4.78, 5) is 14.4. The van der Waals surface area contributed by atoms with Crippen LogP contribution >= 0.6 is 12.4 Å². The van der Waals surface area contributed by atoms with Crippen LogP contribution < -0.4 is 5.32 Å². The number of amides is 1. The Kier molecular flexibility index (Phi) is 6.16. The minimum Gasteiger partial charge on any atom is -0.337 e. The van der Waals surface area contributed by atoms with E-state index in [0.717, 1.165) is 50.1 Å². The van der Waals surface area contributed by atoms with Crippen molar-refractivity contribution >= 4 is 18.3 Å². The summed E-state index contributed by atoms with van der Waals surface area (Å²) in [6.07, 6.45) is 1.95. The summed E-state index contributed by atoms with van der Waals surface area (Å²) in [6, 6.07) is 7.94. The van der Waals surface area contributed by atoms with Gasteiger partial charge in [-0.2, -0.15) is 0 Å². The summed E-state index contributed by atoms with van der Waals surface area (Å²) >= 11 is 0. The van der Waals surface area contributed by atoms with Crippen molar-refractivity contribution in [1.29, 1.82) is 0 Å². The van der Waals surface area contributed by atoms with Crippen LogP contribution in [0.25, 0.3) is 0 Å². The minimum atomic E-state index is 0. The zero-order valence-electron chi connectivity index (χ0n) is 10.8. The van der Waals surface area contributed by atoms with Crippen LogP contribution in [0.2, 0.25) is 0 Å². The van der Waals surface area contributed by atoms with E-state index in [1.165, 1.54) is 0 Å². The topological polar surface area (TPSA) is 32.3 Å². The summed E-state index contributed by atoms with van der Waals surface area (Å²) in [6.45, 7) is 5.69. The van der Waals surface area contributed by atoms with Crippen molar-refractivity contribution in [3.8, 4) is 0 Å². The highest BCUT2D eigenvalue weighted by molar-refractivity contribution is 5.95. The molecule has 1 aliphatic rings. The van der Waals surface area contributed by atoms with E-state index < -0.39 is 0 Å². The van der Waals surface area contributed by atoms with E-state index in [1.54, 1.807) is 0 Å². The second-order valence-corrected chi connectivity index (χ2v) is 4.41. The van der Waals surface area contributed by atoms with Gasteiger partial charge in [0.25, 0.3) is 5.91 Å². The largest absolute Gasteiger partial charge is 0.337 e. The Labute approximate surface area is 115 Å². The normalized spacial score (nSPS) is 15.7. The predicted octanol–water partition coefficient (Wildman–Crippen LogP) is 2.11. The molecule has 0 unspecified atom stereocenters. The minimum absolute atomic E-state index is 0. The van der Waals surface area contributed by atoms with Gasteiger partial charge < -0.3 is 10.2 Å². The van der Waals surface area contributed by atoms with Crippen LogP contribution in [0, 0.1) is 0 Å². The number of aryl methyl sites for hydroxylation is 1. The first-order chi connectivity index (χ1) is 8.33. The molecule has 2 rings (SSSR count). The maximum absolute atomic E-state index is 12.4. The van der Waals surface area contributed by atoms with Gasteiger partial charge >= 0.3 is 0 Å². The van der Waals surface area contributed by atoms with Gasteiger partial charge in [-0.3, -0.25) is 4.79 Å². The van der Waals surface area contributed by atoms with Crippen molar-refractivity contribution in [2.75, 3.05) is 26.2 Å². The molecule has 1 N–H and O–H groups in total. The molecule has 1 aromatic rings. The molecular formula is C14H21ClN2O. The predicted molar refractivity (Wildman–Crippen MR) is 76.5 cm³/mol. The third-order valence-electron chi connectivity index (χ3n) is 3.26. The molecule has 18 heavy (non-hydrogen) atoms. The molecule has 1 fully saturated rings. The number of benzene rings is 1. The van der Waals surface area contributed by atoms with Crippen molar-refractivity contribution in [1.82, 2.24) is 10.2 Å². The fourth-order valence-electron chi connectivity index (χ4n) is 2.26. The third kappa shape index (κ3) is 3.47. The van der Waals surface area contributed by atoms with Crippen molar-refractivity contribution in [3.05, 3.63) is 35.4 Å². The smallest absolute Gasteiger partial charge is 0.254 e. The molecule has 3 nitrogen and oxygen atoms in total. The van der Waals surface area contributed by atoms with Crippen LogP contribution in [0.5, 0.6) is 0 Å². The maximum Gasteiger partial charge on any atom is 0.254 e. The number of rotatable bonds is 2. The first kappa shape index (κ1) is 15.0. The fraction of sp³-hybridized carbons (Fsp3) is 0.500. The van der Waals surface area contributed by atoms with E-state index in [1.807, 2.05) is 29.2 Å². The monoisotopic (exact) mass is 268 g/mol. The fourth-order valence-corrected chi connectivity index (χ4v) is 2.26. The third-order valence-corrected chi connectivity index (χ3v) is 3.26. The van der Waals surface area contributed by atoms with E-state index in [0.29, 0.717) is 0 Å². The van der Waals surface area contributed by atoms with E-state index in [-0.39, 0.29) is 18.3 Å². The van der Waals surface area contributed by atoms with Crippen LogP contribution in [0.15, 0.2) is 24.3 Å². The SMILES string of the molecule is CCc1ccccc1C(=O)N1CCCNCC1.Cl. The molecule has 100 valence electrons. The van der Waals surface area contributed by atoms with E-state index >= 15 is 0 Å². The van der Waals surface area contributed by atoms with Crippen LogP contribution in [0.4, 0.5) is 0 Å². The van der Waals surface area contributed by atoms with Crippen molar-refractivity contribution in [3.63, 3.8) is 0 Å². The number of hydrogen-bond acceptors (Lipinski definition) is 2. The van der Waals surface area contributed by atoms with Crippen LogP contribution in [-0.2, 0) is 6.42 Å². The first-order valence-corrected chi connectivity index (χ1v) is 6.41. The lowest BCUT2D eigenvalue weighted by molar-refractivity contribution is 0.0765. The first-order valence-electron chi connectivity index (χ1n) is 6.41. The number of nitrogens with zero attached hydrogens (tertiary/aromatic N) is 1. The lowest BCUT2D eigenvalue weighted by atomic mass is 10.0. The zero-order valence-corrected chi connectivity index (χ0v) is 11.6. The summed E-state index contributed by atoms with van der Waals surface area (Å²) < 4.78 is 0. The molecule has 4 heteroatoms. The molecule has 0 spiro atoms. The second kappa shape index (κ2) is 7.39. The highest BCUT2D eigenvalue weighted by Gasteiger charge is 2.18. The molecule has 1 aliphatic heterocycles. The molecule has 1 aromatic carbocycles. The molecule has 0 aliphatic carbocycles. The Bertz CT molecular complexity index is 387. The number of carbonyl (C=O) groups is 1. The Morgan fingerprint density at radius 1 is 1.28 bits per heavy atom. The highest BCUT2D eigenvalue weighted by atomic mass is 35.5. The molecular weight excluding hydrogens is 248 g/mol. The molecule has 0 aromatic heterocycles. The number of halogens is 1. The average molecular weight is 269 g/mol. The summed E-state index contributed by atoms with van der Waals surface area (Å²) in [5, 5.41) is 3.32. The van der Waals surface area contributed by atoms with Gasteiger partial charge in [-0.15, -0.1) is 12.4 Å². The quantitative estimate of drug-likeness (QED) is 0.891. The van der Waals surface area contributed by atoms with Crippen LogP contribution in [0.1, 0.15) is 29.3 Å². The van der Waals surface area contributed by atoms with Crippen LogP contribution in [-0.4, -0.2) is 37.0 Å². The number of hydrogen-bond donors (Lipinski definition) is 1. The molecule has 0 saturated carbocycles. The van der Waals surface area contributed by atoms with Gasteiger partial charge in [0.2, 0.25) is 0 Å². The standard InChI is InChI=1S/C14H20N2O.ClH/c1-2-12-6-3-4-7-13(12)14(17)16-10-5-8-15-9-11-16;/h3-4,6-7,15H,2,5,8-11H2,1H3;1H. The summed E-state index contributed by atoms with van der Waals surface area (Å²) in [7, 11) is 0. The van der Waals surface area contributed by atoms with Gasteiger partial charge in [0.15, 0.2) is 0 Å². The van der Waals surface area contributed by atoms with Gasteiger partial charge in [0.05, 0.1) is 0 Å². The molecule has 1 amide bonds. The Balaban J connectivity index is 0.00000162. The van der Waals surface area contributed by atoms with Gasteiger partial charge in [-0.25, -0.2) is 0 Å². The van der Waals surface area contributed by atoms with Gasteiger partial charge in [0.1, 0.15) is 0 Å². The molecule has 0 bridgehead atoms. The van der Waals surface area contributed by atoms with Crippen LogP contribution in [0.3, 0.4) is 0 Å². The Morgan fingerprint density at radius 3 is 2.83 bits per heavy atom. The maximum atomic E-state index is 12.4. The van der Waals surface area contributed by atoms with Gasteiger partial charge in [-0.1, -0.05) is 25.1 Å². The number of nitrogens with one attached hydrogen (secondary N) is 1. The second-order valence-electron chi connectivity index (χ2n) is 4.41. The molecule has 1 heterocycles. The highest BCUT2D eigenvalue weighted by Crippen LogP contribution is 2.13. The lowest BCUT2D eigenvalue weighted by Crippen LogP contribution is -2.34. The summed E-state index contributed by atoms with van der Waals surface area (Å²) in [5.41, 5.74) is 2.02. The number of carbonyl (C=O) groups excluding carboxylic acids is 1. The average Bonchev–Trinajstić information content (AvgIpc) is 2.66. The van der Waals surface area contributed by atoms with Gasteiger partial charge in [0, 0.05) is 25.2 Å². The summed E-state index contributed by atoms with van der Waals surface area (Å²) in [5.74, 6) is 0.186. The lowest BCUT2D eigenvalue weighted by Gasteiger charge is -2.21. The van der Waals surface area contributed by atoms with E-state index in [9.17, 15) is 4.79 Å². The van der Waals surface area contributed by atoms with Crippen molar-refractivity contribution in [2.45, 2.75) is 19.8 Å². The zero-order chi connectivity index (χ0) is 12.1. The molecule has 0 radical (unpaired) electrons. The van der Waals surface area contributed by atoms with Crippen molar-refractivity contribution < 1.29 is 4.79 Å². The van der Waals surface area contributed by atoms with Gasteiger partial charge in [-0.05, 0) is 31.0 Å². The van der Waals surface area contributed by atoms with Crippen molar-refractivity contribution in [2.24, 2.45) is 0 Å². The molecule has 1 saturated heterocycles. The van der Waals surface area contributed by atoms with E-state index in [4.69, 9.17) is 0 Å².